The third kappa shape index (κ3) is 3.02. The number of H-pyrrole nitrogens is 1. The third-order valence-corrected chi connectivity index (χ3v) is 4.74. The van der Waals surface area contributed by atoms with E-state index in [1.165, 1.54) is 33.6 Å². The van der Waals surface area contributed by atoms with Crippen molar-refractivity contribution in [2.24, 2.45) is 0 Å². The van der Waals surface area contributed by atoms with Crippen LogP contribution >= 0.6 is 27.7 Å². The molecule has 0 radical (unpaired) electrons. The second-order valence-electron chi connectivity index (χ2n) is 4.16. The molecular formula is C11H13BrN2O4S. The molecule has 104 valence electrons. The van der Waals surface area contributed by atoms with Crippen LogP contribution in [-0.2, 0) is 0 Å². The largest absolute Gasteiger partial charge is 0.395 e. The molecule has 0 saturated carbocycles. The number of nitrogens with zero attached hydrogens (tertiary/aromatic N) is 1. The van der Waals surface area contributed by atoms with E-state index in [2.05, 4.69) is 20.9 Å². The third-order valence-electron chi connectivity index (χ3n) is 2.93. The molecule has 3 atom stereocenters. The number of aliphatic hydroxyl groups excluding tert-OH is 2. The van der Waals surface area contributed by atoms with E-state index in [-0.39, 0.29) is 17.2 Å². The first kappa shape index (κ1) is 14.6. The summed E-state index contributed by atoms with van der Waals surface area (Å²) in [6.07, 6.45) is 2.70. The maximum absolute atomic E-state index is 11.8. The maximum atomic E-state index is 11.8. The van der Waals surface area contributed by atoms with Crippen molar-refractivity contribution in [1.29, 1.82) is 0 Å². The van der Waals surface area contributed by atoms with Gasteiger partial charge in [-0.15, -0.1) is 11.8 Å². The van der Waals surface area contributed by atoms with E-state index in [0.717, 1.165) is 0 Å². The van der Waals surface area contributed by atoms with Crippen molar-refractivity contribution in [2.75, 3.05) is 6.61 Å². The number of hydrogen-bond donors (Lipinski definition) is 3. The minimum absolute atomic E-state index is 0.144. The lowest BCUT2D eigenvalue weighted by Crippen LogP contribution is -2.32. The highest BCUT2D eigenvalue weighted by Gasteiger charge is 2.34. The lowest BCUT2D eigenvalue weighted by molar-refractivity contribution is 0.137. The topological polar surface area (TPSA) is 95.3 Å². The van der Waals surface area contributed by atoms with Gasteiger partial charge in [-0.3, -0.25) is 14.3 Å². The Morgan fingerprint density at radius 2 is 2.32 bits per heavy atom. The standard InChI is InChI=1S/C11H13BrN2O4S/c12-2-1-6-4-14(11(18)13-10(6)17)9-3-7(16)8(5-15)19-9/h1-2,4,7-9,15-16H,3,5H2,(H,13,17,18)/t7-,8+,9+/m0/s1. The van der Waals surface area contributed by atoms with Gasteiger partial charge in [-0.1, -0.05) is 15.9 Å². The highest BCUT2D eigenvalue weighted by molar-refractivity contribution is 9.11. The first-order chi connectivity index (χ1) is 9.06. The predicted molar refractivity (Wildman–Crippen MR) is 77.4 cm³/mol. The summed E-state index contributed by atoms with van der Waals surface area (Å²) < 4.78 is 1.38. The van der Waals surface area contributed by atoms with E-state index in [9.17, 15) is 14.7 Å². The van der Waals surface area contributed by atoms with Gasteiger partial charge < -0.3 is 10.2 Å². The van der Waals surface area contributed by atoms with Gasteiger partial charge in [-0.2, -0.15) is 0 Å². The summed E-state index contributed by atoms with van der Waals surface area (Å²) in [7, 11) is 0. The zero-order valence-corrected chi connectivity index (χ0v) is 12.2. The highest BCUT2D eigenvalue weighted by atomic mass is 79.9. The SMILES string of the molecule is O=c1[nH]c(=O)n([C@H]2C[C@H](O)[C@@H](CO)S2)cc1C=CBr. The fourth-order valence-electron chi connectivity index (χ4n) is 1.95. The maximum Gasteiger partial charge on any atom is 0.329 e. The van der Waals surface area contributed by atoms with Gasteiger partial charge in [0.25, 0.3) is 5.56 Å². The fourth-order valence-corrected chi connectivity index (χ4v) is 3.61. The molecule has 2 rings (SSSR count). The summed E-state index contributed by atoms with van der Waals surface area (Å²) in [6.45, 7) is -0.144. The zero-order valence-electron chi connectivity index (χ0n) is 9.82. The van der Waals surface area contributed by atoms with Crippen LogP contribution < -0.4 is 11.2 Å². The lowest BCUT2D eigenvalue weighted by Gasteiger charge is -2.13. The molecule has 0 spiro atoms. The molecule has 0 bridgehead atoms. The average molecular weight is 349 g/mol. The Morgan fingerprint density at radius 3 is 2.89 bits per heavy atom. The smallest absolute Gasteiger partial charge is 0.329 e. The van der Waals surface area contributed by atoms with Crippen LogP contribution in [0.1, 0.15) is 17.4 Å². The van der Waals surface area contributed by atoms with Gasteiger partial charge in [0.2, 0.25) is 0 Å². The van der Waals surface area contributed by atoms with Gasteiger partial charge >= 0.3 is 5.69 Å². The Kier molecular flexibility index (Phi) is 4.67. The molecule has 1 aliphatic heterocycles. The minimum atomic E-state index is -0.658. The normalized spacial score (nSPS) is 27.2. The van der Waals surface area contributed by atoms with E-state index in [1.54, 1.807) is 0 Å². The molecular weight excluding hydrogens is 336 g/mol. The number of hydrogen-bond acceptors (Lipinski definition) is 5. The minimum Gasteiger partial charge on any atom is -0.395 e. The van der Waals surface area contributed by atoms with Gasteiger partial charge in [0.15, 0.2) is 0 Å². The molecule has 6 nitrogen and oxygen atoms in total. The van der Waals surface area contributed by atoms with E-state index >= 15 is 0 Å². The number of aromatic nitrogens is 2. The second kappa shape index (κ2) is 6.08. The zero-order chi connectivity index (χ0) is 14.0. The van der Waals surface area contributed by atoms with Crippen molar-refractivity contribution in [3.8, 4) is 0 Å². The Labute approximate surface area is 121 Å². The van der Waals surface area contributed by atoms with Crippen LogP contribution in [0.2, 0.25) is 0 Å². The van der Waals surface area contributed by atoms with Crippen molar-refractivity contribution in [1.82, 2.24) is 9.55 Å². The number of halogens is 1. The number of aliphatic hydroxyl groups is 2. The summed E-state index contributed by atoms with van der Waals surface area (Å²) in [5.74, 6) is 0. The molecule has 1 aromatic heterocycles. The molecule has 0 amide bonds. The van der Waals surface area contributed by atoms with Crippen LogP contribution in [0.5, 0.6) is 0 Å². The lowest BCUT2D eigenvalue weighted by atomic mass is 10.2. The van der Waals surface area contributed by atoms with Gasteiger partial charge in [0.1, 0.15) is 0 Å². The summed E-state index contributed by atoms with van der Waals surface area (Å²) in [6, 6.07) is 0. The molecule has 0 aromatic carbocycles. The average Bonchev–Trinajstić information content (AvgIpc) is 2.74. The van der Waals surface area contributed by atoms with Crippen molar-refractivity contribution in [3.63, 3.8) is 0 Å². The number of nitrogens with one attached hydrogen (secondary N) is 1. The molecule has 8 heteroatoms. The van der Waals surface area contributed by atoms with Crippen molar-refractivity contribution in [3.05, 3.63) is 37.6 Å². The Bertz CT molecular complexity index is 597. The van der Waals surface area contributed by atoms with E-state index < -0.39 is 17.4 Å². The predicted octanol–water partition coefficient (Wildman–Crippen LogP) is 0.260. The Balaban J connectivity index is 2.38. The molecule has 19 heavy (non-hydrogen) atoms. The van der Waals surface area contributed by atoms with E-state index in [1.807, 2.05) is 0 Å². The monoisotopic (exact) mass is 348 g/mol. The van der Waals surface area contributed by atoms with Crippen LogP contribution in [0.15, 0.2) is 20.8 Å². The number of rotatable bonds is 3. The number of aromatic amines is 1. The van der Waals surface area contributed by atoms with Crippen LogP contribution in [0.3, 0.4) is 0 Å². The molecule has 2 heterocycles. The van der Waals surface area contributed by atoms with Gasteiger partial charge in [0.05, 0.1) is 28.9 Å². The molecule has 0 aliphatic carbocycles. The molecule has 1 aromatic rings. The van der Waals surface area contributed by atoms with Crippen molar-refractivity contribution in [2.45, 2.75) is 23.1 Å². The highest BCUT2D eigenvalue weighted by Crippen LogP contribution is 2.40. The van der Waals surface area contributed by atoms with E-state index in [4.69, 9.17) is 5.11 Å². The van der Waals surface area contributed by atoms with Crippen molar-refractivity contribution < 1.29 is 10.2 Å². The second-order valence-corrected chi connectivity index (χ2v) is 6.11. The Morgan fingerprint density at radius 1 is 1.58 bits per heavy atom. The molecule has 0 unspecified atom stereocenters. The fraction of sp³-hybridized carbons (Fsp3) is 0.455. The first-order valence-corrected chi connectivity index (χ1v) is 7.49. The Hall–Kier alpha value is -0.830. The summed E-state index contributed by atoms with van der Waals surface area (Å²) in [5.41, 5.74) is -0.627. The molecule has 1 saturated heterocycles. The number of thioether (sulfide) groups is 1. The van der Waals surface area contributed by atoms with Crippen molar-refractivity contribution >= 4 is 33.8 Å². The van der Waals surface area contributed by atoms with Crippen LogP contribution in [-0.4, -0.2) is 37.7 Å². The van der Waals surface area contributed by atoms with E-state index in [0.29, 0.717) is 12.0 Å². The van der Waals surface area contributed by atoms with Gasteiger partial charge in [0, 0.05) is 12.6 Å². The van der Waals surface area contributed by atoms with Crippen LogP contribution in [0, 0.1) is 0 Å². The van der Waals surface area contributed by atoms with Gasteiger partial charge in [-0.25, -0.2) is 4.79 Å². The molecule has 3 N–H and O–H groups in total. The summed E-state index contributed by atoms with van der Waals surface area (Å²) in [5, 5.41) is 18.3. The van der Waals surface area contributed by atoms with Crippen LogP contribution in [0.4, 0.5) is 0 Å². The summed E-state index contributed by atoms with van der Waals surface area (Å²) >= 11 is 4.40. The first-order valence-electron chi connectivity index (χ1n) is 5.63. The summed E-state index contributed by atoms with van der Waals surface area (Å²) in [4.78, 5) is 27.1. The van der Waals surface area contributed by atoms with Crippen LogP contribution in [0.25, 0.3) is 6.08 Å². The quantitative estimate of drug-likeness (QED) is 0.728. The van der Waals surface area contributed by atoms with Gasteiger partial charge in [-0.05, 0) is 11.1 Å². The molecule has 1 aliphatic rings. The molecule has 1 fully saturated rings.